The summed E-state index contributed by atoms with van der Waals surface area (Å²) in [5.41, 5.74) is 2.37. The van der Waals surface area contributed by atoms with Crippen LogP contribution >= 0.6 is 11.3 Å². The van der Waals surface area contributed by atoms with E-state index in [-0.39, 0.29) is 16.6 Å². The van der Waals surface area contributed by atoms with Crippen LogP contribution in [0.25, 0.3) is 21.8 Å². The first-order valence-electron chi connectivity index (χ1n) is 10.1. The molecule has 6 nitrogen and oxygen atoms in total. The number of nitrogens with one attached hydrogen (secondary N) is 2. The van der Waals surface area contributed by atoms with E-state index in [1.54, 1.807) is 54.8 Å². The van der Waals surface area contributed by atoms with Crippen molar-refractivity contribution in [2.45, 2.75) is 18.2 Å². The number of carbonyl (C=O) groups excluding carboxylic acids is 1. The number of nitrogens with zero attached hydrogens (tertiary/aromatic N) is 1. The number of aromatic nitrogens is 1. The second kappa shape index (κ2) is 9.51. The van der Waals surface area contributed by atoms with E-state index >= 15 is 0 Å². The Labute approximate surface area is 195 Å². The van der Waals surface area contributed by atoms with Crippen molar-refractivity contribution in [1.82, 2.24) is 4.98 Å². The second-order valence-electron chi connectivity index (χ2n) is 7.09. The number of hydrogen-bond donors (Lipinski definition) is 2. The molecule has 168 valence electrons. The smallest absolute Gasteiger partial charge is 0.261 e. The summed E-state index contributed by atoms with van der Waals surface area (Å²) in [5.74, 6) is -0.526. The van der Waals surface area contributed by atoms with Gasteiger partial charge in [0.05, 0.1) is 16.3 Å². The fourth-order valence-corrected chi connectivity index (χ4v) is 5.05. The van der Waals surface area contributed by atoms with Gasteiger partial charge in [-0.15, -0.1) is 11.3 Å². The predicted molar refractivity (Wildman–Crippen MR) is 129 cm³/mol. The van der Waals surface area contributed by atoms with Gasteiger partial charge < -0.3 is 5.32 Å². The molecule has 1 amide bonds. The molecule has 1 heterocycles. The Balaban J connectivity index is 1.61. The van der Waals surface area contributed by atoms with Crippen LogP contribution < -0.4 is 10.0 Å². The van der Waals surface area contributed by atoms with Gasteiger partial charge in [0.1, 0.15) is 10.8 Å². The van der Waals surface area contributed by atoms with Crippen molar-refractivity contribution in [3.63, 3.8) is 0 Å². The number of anilines is 2. The summed E-state index contributed by atoms with van der Waals surface area (Å²) in [4.78, 5) is 16.1. The summed E-state index contributed by atoms with van der Waals surface area (Å²) in [7, 11) is -3.89. The largest absolute Gasteiger partial charge is 0.326 e. The molecule has 1 aromatic heterocycles. The molecular weight excluding hydrogens is 461 g/mol. The van der Waals surface area contributed by atoms with E-state index in [9.17, 15) is 17.6 Å². The summed E-state index contributed by atoms with van der Waals surface area (Å²) in [6.45, 7) is 1.73. The Hall–Kier alpha value is -3.56. The van der Waals surface area contributed by atoms with Gasteiger partial charge in [0.15, 0.2) is 0 Å². The van der Waals surface area contributed by atoms with Crippen molar-refractivity contribution >= 4 is 38.6 Å². The minimum absolute atomic E-state index is 0.0529. The maximum atomic E-state index is 14.1. The van der Waals surface area contributed by atoms with E-state index in [1.807, 2.05) is 0 Å². The first-order chi connectivity index (χ1) is 15.9. The molecule has 0 fully saturated rings. The third-order valence-corrected chi connectivity index (χ3v) is 7.08. The van der Waals surface area contributed by atoms with E-state index in [0.717, 1.165) is 0 Å². The van der Waals surface area contributed by atoms with Crippen LogP contribution in [0.1, 0.15) is 13.3 Å². The van der Waals surface area contributed by atoms with Crippen molar-refractivity contribution in [2.75, 3.05) is 10.0 Å². The third kappa shape index (κ3) is 5.10. The van der Waals surface area contributed by atoms with E-state index in [4.69, 9.17) is 0 Å². The monoisotopic (exact) mass is 481 g/mol. The molecule has 4 rings (SSSR count). The molecule has 0 aliphatic heterocycles. The number of carbonyl (C=O) groups is 1. The number of halogens is 1. The van der Waals surface area contributed by atoms with Gasteiger partial charge in [-0.2, -0.15) is 0 Å². The fourth-order valence-electron chi connectivity index (χ4n) is 3.12. The minimum Gasteiger partial charge on any atom is -0.326 e. The summed E-state index contributed by atoms with van der Waals surface area (Å²) in [6.07, 6.45) is 0.327. The molecule has 0 spiro atoms. The molecule has 0 aliphatic rings. The summed E-state index contributed by atoms with van der Waals surface area (Å²) in [5, 5.41) is 4.95. The molecule has 2 N–H and O–H groups in total. The highest BCUT2D eigenvalue weighted by atomic mass is 32.2. The second-order valence-corrected chi connectivity index (χ2v) is 9.64. The predicted octanol–water partition coefficient (Wildman–Crippen LogP) is 5.77. The number of sulfonamides is 1. The van der Waals surface area contributed by atoms with E-state index < -0.39 is 10.0 Å². The quantitative estimate of drug-likeness (QED) is 0.351. The first kappa shape index (κ1) is 22.6. The molecule has 3 aromatic carbocycles. The maximum absolute atomic E-state index is 14.1. The van der Waals surface area contributed by atoms with E-state index in [2.05, 4.69) is 15.0 Å². The molecule has 0 saturated carbocycles. The van der Waals surface area contributed by atoms with Crippen molar-refractivity contribution in [2.24, 2.45) is 0 Å². The van der Waals surface area contributed by atoms with Crippen LogP contribution in [0.5, 0.6) is 0 Å². The molecule has 4 aromatic rings. The zero-order valence-corrected chi connectivity index (χ0v) is 19.2. The van der Waals surface area contributed by atoms with E-state index in [0.29, 0.717) is 39.6 Å². The highest BCUT2D eigenvalue weighted by Crippen LogP contribution is 2.34. The Morgan fingerprint density at radius 1 is 0.970 bits per heavy atom. The van der Waals surface area contributed by atoms with Crippen molar-refractivity contribution in [3.05, 3.63) is 84.0 Å². The Morgan fingerprint density at radius 2 is 1.64 bits per heavy atom. The average Bonchev–Trinajstić information content (AvgIpc) is 3.29. The lowest BCUT2D eigenvalue weighted by atomic mass is 10.1. The lowest BCUT2D eigenvalue weighted by molar-refractivity contribution is -0.115. The van der Waals surface area contributed by atoms with Gasteiger partial charge in [0.25, 0.3) is 10.0 Å². The molecule has 0 bridgehead atoms. The molecule has 33 heavy (non-hydrogen) atoms. The van der Waals surface area contributed by atoms with Crippen molar-refractivity contribution in [3.8, 4) is 21.8 Å². The number of thiazole rings is 1. The molecule has 0 atom stereocenters. The van der Waals surface area contributed by atoms with Crippen LogP contribution in [0, 0.1) is 5.82 Å². The van der Waals surface area contributed by atoms with Crippen LogP contribution in [-0.4, -0.2) is 19.3 Å². The van der Waals surface area contributed by atoms with Gasteiger partial charge in [0, 0.05) is 28.6 Å². The summed E-state index contributed by atoms with van der Waals surface area (Å²) in [6, 6.07) is 19.2. The Kier molecular flexibility index (Phi) is 6.52. The van der Waals surface area contributed by atoms with Crippen LogP contribution in [0.2, 0.25) is 0 Å². The molecule has 0 radical (unpaired) electrons. The van der Waals surface area contributed by atoms with Crippen molar-refractivity contribution in [1.29, 1.82) is 0 Å². The van der Waals surface area contributed by atoms with Crippen LogP contribution in [-0.2, 0) is 14.8 Å². The SMILES string of the molecule is CCC(=O)Nc1ccc(S(=O)(=O)Nc2ccccc2-c2csc(-c3ccccc3F)n2)cc1. The van der Waals surface area contributed by atoms with Crippen LogP contribution in [0.15, 0.2) is 83.1 Å². The van der Waals surface area contributed by atoms with Gasteiger partial charge in [-0.05, 0) is 42.5 Å². The van der Waals surface area contributed by atoms with Gasteiger partial charge in [-0.3, -0.25) is 9.52 Å². The van der Waals surface area contributed by atoms with Gasteiger partial charge in [-0.25, -0.2) is 17.8 Å². The summed E-state index contributed by atoms with van der Waals surface area (Å²) >= 11 is 1.28. The minimum atomic E-state index is -3.89. The molecular formula is C24H20FN3O3S2. The maximum Gasteiger partial charge on any atom is 0.261 e. The highest BCUT2D eigenvalue weighted by Gasteiger charge is 2.18. The highest BCUT2D eigenvalue weighted by molar-refractivity contribution is 7.92. The van der Waals surface area contributed by atoms with Crippen LogP contribution in [0.3, 0.4) is 0 Å². The topological polar surface area (TPSA) is 88.2 Å². The van der Waals surface area contributed by atoms with Crippen LogP contribution in [0.4, 0.5) is 15.8 Å². The molecule has 0 saturated heterocycles. The molecule has 9 heteroatoms. The number of hydrogen-bond acceptors (Lipinski definition) is 5. The zero-order chi connectivity index (χ0) is 23.4. The lowest BCUT2D eigenvalue weighted by Crippen LogP contribution is -2.14. The molecule has 0 aliphatic carbocycles. The number of para-hydroxylation sites is 1. The fraction of sp³-hybridized carbons (Fsp3) is 0.0833. The van der Waals surface area contributed by atoms with Gasteiger partial charge in [-0.1, -0.05) is 37.3 Å². The standard InChI is InChI=1S/C24H20FN3O3S2/c1-2-23(29)26-16-11-13-17(14-12-16)33(30,31)28-21-10-6-4-8-19(21)22-15-32-24(27-22)18-7-3-5-9-20(18)25/h3-15,28H,2H2,1H3,(H,26,29). The average molecular weight is 482 g/mol. The number of rotatable bonds is 7. The first-order valence-corrected chi connectivity index (χ1v) is 12.5. The summed E-state index contributed by atoms with van der Waals surface area (Å²) < 4.78 is 42.7. The zero-order valence-electron chi connectivity index (χ0n) is 17.6. The Morgan fingerprint density at radius 3 is 2.33 bits per heavy atom. The normalized spacial score (nSPS) is 11.2. The van der Waals surface area contributed by atoms with E-state index in [1.165, 1.54) is 41.7 Å². The van der Waals surface area contributed by atoms with Gasteiger partial charge in [0.2, 0.25) is 5.91 Å². The number of amides is 1. The van der Waals surface area contributed by atoms with Gasteiger partial charge >= 0.3 is 0 Å². The Bertz CT molecular complexity index is 1400. The lowest BCUT2D eigenvalue weighted by Gasteiger charge is -2.12. The molecule has 0 unspecified atom stereocenters. The third-order valence-electron chi connectivity index (χ3n) is 4.83. The number of benzene rings is 3. The van der Waals surface area contributed by atoms with Crippen molar-refractivity contribution < 1.29 is 17.6 Å².